The third-order valence-electron chi connectivity index (χ3n) is 3.46. The van der Waals surface area contributed by atoms with Crippen LogP contribution in [0.4, 0.5) is 5.69 Å². The minimum Gasteiger partial charge on any atom is -0.481 e. The number of thiazole rings is 1. The van der Waals surface area contributed by atoms with Gasteiger partial charge < -0.3 is 15.2 Å². The van der Waals surface area contributed by atoms with Gasteiger partial charge in [-0.3, -0.25) is 19.7 Å². The maximum absolute atomic E-state index is 12.4. The Balaban J connectivity index is 2.20. The van der Waals surface area contributed by atoms with Crippen molar-refractivity contribution in [3.05, 3.63) is 45.5 Å². The van der Waals surface area contributed by atoms with Crippen molar-refractivity contribution in [2.45, 2.75) is 18.9 Å². The van der Waals surface area contributed by atoms with Crippen LogP contribution in [0, 0.1) is 10.1 Å². The van der Waals surface area contributed by atoms with E-state index in [0.29, 0.717) is 10.6 Å². The number of aromatic nitrogens is 1. The summed E-state index contributed by atoms with van der Waals surface area (Å²) in [5.41, 5.74) is -0.539. The number of ether oxygens (including phenoxy) is 1. The Morgan fingerprint density at radius 2 is 2.19 bits per heavy atom. The van der Waals surface area contributed by atoms with Gasteiger partial charge in [0, 0.05) is 30.2 Å². The number of methoxy groups -OCH3 is 1. The molecule has 0 aliphatic rings. The predicted octanol–water partition coefficient (Wildman–Crippen LogP) is 2.33. The highest BCUT2D eigenvalue weighted by Crippen LogP contribution is 2.27. The molecule has 0 aliphatic carbocycles. The molecular formula is C16H17N3O6S. The average Bonchev–Trinajstić information content (AvgIpc) is 3.04. The first kappa shape index (κ1) is 19.5. The van der Waals surface area contributed by atoms with Crippen LogP contribution in [0.5, 0.6) is 0 Å². The second kappa shape index (κ2) is 8.02. The lowest BCUT2D eigenvalue weighted by atomic mass is 9.99. The summed E-state index contributed by atoms with van der Waals surface area (Å²) >= 11 is 1.16. The summed E-state index contributed by atoms with van der Waals surface area (Å²) in [4.78, 5) is 38.0. The van der Waals surface area contributed by atoms with Crippen LogP contribution in [-0.2, 0) is 9.53 Å². The van der Waals surface area contributed by atoms with E-state index < -0.39 is 22.3 Å². The fourth-order valence-electron chi connectivity index (χ4n) is 2.38. The molecule has 138 valence electrons. The van der Waals surface area contributed by atoms with Crippen LogP contribution in [0.2, 0.25) is 0 Å². The zero-order chi connectivity index (χ0) is 19.3. The number of nitrogens with zero attached hydrogens (tertiary/aromatic N) is 2. The molecule has 26 heavy (non-hydrogen) atoms. The van der Waals surface area contributed by atoms with Crippen LogP contribution in [0.25, 0.3) is 10.6 Å². The zero-order valence-corrected chi connectivity index (χ0v) is 14.9. The van der Waals surface area contributed by atoms with Gasteiger partial charge >= 0.3 is 5.97 Å². The Labute approximate surface area is 152 Å². The van der Waals surface area contributed by atoms with E-state index in [1.165, 1.54) is 30.7 Å². The molecule has 1 aromatic heterocycles. The number of nitro groups is 1. The van der Waals surface area contributed by atoms with Crippen molar-refractivity contribution in [3.8, 4) is 10.6 Å². The molecule has 10 heteroatoms. The van der Waals surface area contributed by atoms with Crippen molar-refractivity contribution in [1.82, 2.24) is 10.3 Å². The number of rotatable bonds is 8. The number of carboxylic acid groups (broad SMARTS) is 1. The minimum atomic E-state index is -1.09. The van der Waals surface area contributed by atoms with Gasteiger partial charge in [-0.25, -0.2) is 4.98 Å². The molecule has 0 fully saturated rings. The third kappa shape index (κ3) is 4.83. The number of aliphatic carboxylic acids is 1. The fraction of sp³-hybridized carbons (Fsp3) is 0.312. The summed E-state index contributed by atoms with van der Waals surface area (Å²) in [6, 6.07) is 5.94. The van der Waals surface area contributed by atoms with Gasteiger partial charge in [-0.05, 0) is 6.92 Å². The molecule has 2 aromatic rings. The molecule has 2 rings (SSSR count). The molecule has 0 spiro atoms. The summed E-state index contributed by atoms with van der Waals surface area (Å²) in [7, 11) is 1.41. The monoisotopic (exact) mass is 379 g/mol. The summed E-state index contributed by atoms with van der Waals surface area (Å²) in [5, 5.41) is 24.5. The van der Waals surface area contributed by atoms with E-state index in [0.717, 1.165) is 11.3 Å². The third-order valence-corrected chi connectivity index (χ3v) is 4.35. The summed E-state index contributed by atoms with van der Waals surface area (Å²) in [6.45, 7) is 1.59. The summed E-state index contributed by atoms with van der Waals surface area (Å²) < 4.78 is 5.00. The second-order valence-corrected chi connectivity index (χ2v) is 6.72. The number of nitro benzene ring substituents is 1. The number of carbonyl (C=O) groups excluding carboxylic acids is 1. The SMILES string of the molecule is COCC(C)(CC(=O)O)NC(=O)c1csc(-c2cccc([N+](=O)[O-])c2)n1. The number of benzene rings is 1. The van der Waals surface area contributed by atoms with Gasteiger partial charge in [-0.15, -0.1) is 11.3 Å². The predicted molar refractivity (Wildman–Crippen MR) is 94.2 cm³/mol. The number of carboxylic acids is 1. The lowest BCUT2D eigenvalue weighted by Crippen LogP contribution is -2.50. The summed E-state index contributed by atoms with van der Waals surface area (Å²) in [6.07, 6.45) is -0.311. The second-order valence-electron chi connectivity index (χ2n) is 5.86. The van der Waals surface area contributed by atoms with Gasteiger partial charge in [-0.1, -0.05) is 12.1 Å². The van der Waals surface area contributed by atoms with Gasteiger partial charge in [0.2, 0.25) is 0 Å². The molecular weight excluding hydrogens is 362 g/mol. The van der Waals surface area contributed by atoms with Gasteiger partial charge in [0.05, 0.1) is 23.5 Å². The Morgan fingerprint density at radius 3 is 2.81 bits per heavy atom. The standard InChI is InChI=1S/C16H17N3O6S/c1-16(9-25-2,7-13(20)21)18-14(22)12-8-26-15(17-12)10-4-3-5-11(6-10)19(23)24/h3-6,8H,7,9H2,1-2H3,(H,18,22)(H,20,21). The van der Waals surface area contributed by atoms with E-state index in [-0.39, 0.29) is 24.4 Å². The Hall–Kier alpha value is -2.85. The van der Waals surface area contributed by atoms with Crippen molar-refractivity contribution in [2.75, 3.05) is 13.7 Å². The average molecular weight is 379 g/mol. The molecule has 0 bridgehead atoms. The molecule has 1 heterocycles. The van der Waals surface area contributed by atoms with Crippen molar-refractivity contribution < 1.29 is 24.4 Å². The maximum Gasteiger partial charge on any atom is 0.305 e. The summed E-state index contributed by atoms with van der Waals surface area (Å²) in [5.74, 6) is -1.61. The van der Waals surface area contributed by atoms with E-state index in [2.05, 4.69) is 10.3 Å². The lowest BCUT2D eigenvalue weighted by molar-refractivity contribution is -0.384. The molecule has 0 aliphatic heterocycles. The van der Waals surface area contributed by atoms with E-state index in [1.807, 2.05) is 0 Å². The van der Waals surface area contributed by atoms with Gasteiger partial charge in [0.15, 0.2) is 0 Å². The van der Waals surface area contributed by atoms with Crippen LogP contribution < -0.4 is 5.32 Å². The van der Waals surface area contributed by atoms with Crippen molar-refractivity contribution in [2.24, 2.45) is 0 Å². The molecule has 0 radical (unpaired) electrons. The maximum atomic E-state index is 12.4. The Bertz CT molecular complexity index is 837. The van der Waals surface area contributed by atoms with Crippen LogP contribution in [0.3, 0.4) is 0 Å². The van der Waals surface area contributed by atoms with Gasteiger partial charge in [0.25, 0.3) is 11.6 Å². The molecule has 0 saturated carbocycles. The first-order valence-electron chi connectivity index (χ1n) is 7.48. The molecule has 2 N–H and O–H groups in total. The number of hydrogen-bond donors (Lipinski definition) is 2. The van der Waals surface area contributed by atoms with E-state index >= 15 is 0 Å². The number of non-ortho nitro benzene ring substituents is 1. The highest BCUT2D eigenvalue weighted by atomic mass is 32.1. The normalized spacial score (nSPS) is 13.0. The first-order valence-corrected chi connectivity index (χ1v) is 8.35. The fourth-order valence-corrected chi connectivity index (χ4v) is 3.18. The number of amides is 1. The smallest absolute Gasteiger partial charge is 0.305 e. The molecule has 9 nitrogen and oxygen atoms in total. The minimum absolute atomic E-state index is 0.0207. The molecule has 1 amide bonds. The van der Waals surface area contributed by atoms with Crippen molar-refractivity contribution >= 4 is 28.9 Å². The van der Waals surface area contributed by atoms with E-state index in [1.54, 1.807) is 13.0 Å². The highest BCUT2D eigenvalue weighted by molar-refractivity contribution is 7.13. The Kier molecular flexibility index (Phi) is 6.01. The molecule has 1 atom stereocenters. The first-order chi connectivity index (χ1) is 12.2. The number of nitrogens with one attached hydrogen (secondary N) is 1. The molecule has 1 unspecified atom stereocenters. The van der Waals surface area contributed by atoms with E-state index in [9.17, 15) is 19.7 Å². The topological polar surface area (TPSA) is 132 Å². The van der Waals surface area contributed by atoms with Crippen LogP contribution >= 0.6 is 11.3 Å². The highest BCUT2D eigenvalue weighted by Gasteiger charge is 2.30. The Morgan fingerprint density at radius 1 is 1.46 bits per heavy atom. The lowest BCUT2D eigenvalue weighted by Gasteiger charge is -2.28. The van der Waals surface area contributed by atoms with Gasteiger partial charge in [0.1, 0.15) is 10.7 Å². The van der Waals surface area contributed by atoms with Crippen molar-refractivity contribution in [3.63, 3.8) is 0 Å². The molecule has 1 aromatic carbocycles. The number of hydrogen-bond acceptors (Lipinski definition) is 7. The number of carbonyl (C=O) groups is 2. The van der Waals surface area contributed by atoms with Crippen LogP contribution in [0.15, 0.2) is 29.6 Å². The van der Waals surface area contributed by atoms with Gasteiger partial charge in [-0.2, -0.15) is 0 Å². The largest absolute Gasteiger partial charge is 0.481 e. The zero-order valence-electron chi connectivity index (χ0n) is 14.1. The quantitative estimate of drug-likeness (QED) is 0.531. The van der Waals surface area contributed by atoms with Crippen molar-refractivity contribution in [1.29, 1.82) is 0 Å². The van der Waals surface area contributed by atoms with E-state index in [4.69, 9.17) is 9.84 Å². The van der Waals surface area contributed by atoms with Crippen LogP contribution in [-0.4, -0.2) is 46.1 Å². The molecule has 0 saturated heterocycles. The van der Waals surface area contributed by atoms with Crippen LogP contribution in [0.1, 0.15) is 23.8 Å².